The number of halogens is 1. The summed E-state index contributed by atoms with van der Waals surface area (Å²) in [6, 6.07) is 13.8. The Labute approximate surface area is 189 Å². The molecule has 4 rings (SSSR count). The van der Waals surface area contributed by atoms with E-state index in [4.69, 9.17) is 16.3 Å². The Morgan fingerprint density at radius 3 is 2.32 bits per heavy atom. The number of anilines is 1. The monoisotopic (exact) mass is 478 g/mol. The Morgan fingerprint density at radius 2 is 1.68 bits per heavy atom. The number of carbonyl (C=O) groups is 1. The molecule has 0 radical (unpaired) electrons. The topological polar surface area (TPSA) is 101 Å². The van der Waals surface area contributed by atoms with Crippen molar-refractivity contribution in [2.75, 3.05) is 31.0 Å². The summed E-state index contributed by atoms with van der Waals surface area (Å²) < 4.78 is 37.2. The predicted molar refractivity (Wildman–Crippen MR) is 119 cm³/mol. The Balaban J connectivity index is 1.41. The molecule has 2 aromatic carbocycles. The number of sulfonamides is 1. The maximum absolute atomic E-state index is 12.7. The lowest BCUT2D eigenvalue weighted by atomic mass is 10.1. The second kappa shape index (κ2) is 9.31. The first kappa shape index (κ1) is 21.7. The van der Waals surface area contributed by atoms with E-state index in [1.807, 2.05) is 12.1 Å². The Kier molecular flexibility index (Phi) is 6.51. The van der Waals surface area contributed by atoms with Gasteiger partial charge in [0.2, 0.25) is 11.0 Å². The molecule has 3 aromatic rings. The van der Waals surface area contributed by atoms with Crippen LogP contribution in [0.25, 0.3) is 11.1 Å². The normalized spacial score (nSPS) is 14.4. The second-order valence-electron chi connectivity index (χ2n) is 6.82. The maximum atomic E-state index is 12.7. The first-order chi connectivity index (χ1) is 14.9. The van der Waals surface area contributed by atoms with Crippen LogP contribution in [0.15, 0.2) is 53.4 Å². The third kappa shape index (κ3) is 5.40. The number of hydrogen-bond donors (Lipinski definition) is 1. The number of amides is 1. The van der Waals surface area contributed by atoms with Crippen molar-refractivity contribution in [3.63, 3.8) is 0 Å². The molecule has 1 aromatic heterocycles. The summed E-state index contributed by atoms with van der Waals surface area (Å²) in [6.07, 6.45) is 0.0218. The standard InChI is InChI=1S/C20H19ClN4O4S2/c21-16-5-1-14(2-6-16)15-3-7-17(8-4-15)31(27,28)24-20-22-18(23-30-20)13-19(26)25-9-11-29-12-10-25/h1-8H,9-13H2,(H,22,23,24). The van der Waals surface area contributed by atoms with Crippen molar-refractivity contribution in [1.82, 2.24) is 14.3 Å². The summed E-state index contributed by atoms with van der Waals surface area (Å²) in [5.74, 6) is 0.186. The summed E-state index contributed by atoms with van der Waals surface area (Å²) in [5.41, 5.74) is 1.80. The van der Waals surface area contributed by atoms with Gasteiger partial charge < -0.3 is 9.64 Å². The molecule has 0 spiro atoms. The molecule has 31 heavy (non-hydrogen) atoms. The largest absolute Gasteiger partial charge is 0.378 e. The molecule has 1 aliphatic heterocycles. The van der Waals surface area contributed by atoms with E-state index in [-0.39, 0.29) is 28.2 Å². The van der Waals surface area contributed by atoms with Gasteiger partial charge in [0.15, 0.2) is 5.82 Å². The lowest BCUT2D eigenvalue weighted by molar-refractivity contribution is -0.134. The van der Waals surface area contributed by atoms with Crippen LogP contribution in [0.3, 0.4) is 0 Å². The van der Waals surface area contributed by atoms with Gasteiger partial charge in [0.1, 0.15) is 0 Å². The molecule has 0 atom stereocenters. The first-order valence-corrected chi connectivity index (χ1v) is 12.1. The summed E-state index contributed by atoms with van der Waals surface area (Å²) in [7, 11) is -3.83. The van der Waals surface area contributed by atoms with Gasteiger partial charge in [-0.15, -0.1) is 0 Å². The van der Waals surface area contributed by atoms with Crippen LogP contribution in [0.1, 0.15) is 5.82 Å². The molecular weight excluding hydrogens is 460 g/mol. The summed E-state index contributed by atoms with van der Waals surface area (Å²) in [6.45, 7) is 2.10. The molecule has 1 aliphatic rings. The molecular formula is C20H19ClN4O4S2. The summed E-state index contributed by atoms with van der Waals surface area (Å²) in [5, 5.41) is 0.752. The highest BCUT2D eigenvalue weighted by atomic mass is 35.5. The van der Waals surface area contributed by atoms with Crippen LogP contribution >= 0.6 is 23.1 Å². The zero-order valence-corrected chi connectivity index (χ0v) is 18.7. The SMILES string of the molecule is O=C(Cc1nsc(NS(=O)(=O)c2ccc(-c3ccc(Cl)cc3)cc2)n1)N1CCOCC1. The van der Waals surface area contributed by atoms with Gasteiger partial charge in [-0.3, -0.25) is 9.52 Å². The summed E-state index contributed by atoms with van der Waals surface area (Å²) in [4.78, 5) is 18.2. The second-order valence-corrected chi connectivity index (χ2v) is 9.69. The first-order valence-electron chi connectivity index (χ1n) is 9.48. The van der Waals surface area contributed by atoms with Crippen LogP contribution in [0.5, 0.6) is 0 Å². The van der Waals surface area contributed by atoms with Gasteiger partial charge in [0, 0.05) is 29.6 Å². The van der Waals surface area contributed by atoms with Crippen molar-refractivity contribution in [3.05, 3.63) is 59.4 Å². The van der Waals surface area contributed by atoms with Crippen molar-refractivity contribution < 1.29 is 17.9 Å². The molecule has 8 nitrogen and oxygen atoms in total. The fourth-order valence-corrected chi connectivity index (χ4v) is 5.01. The van der Waals surface area contributed by atoms with Crippen LogP contribution < -0.4 is 4.72 Å². The van der Waals surface area contributed by atoms with Gasteiger partial charge in [-0.05, 0) is 35.4 Å². The van der Waals surface area contributed by atoms with Crippen molar-refractivity contribution in [2.45, 2.75) is 11.3 Å². The highest BCUT2D eigenvalue weighted by molar-refractivity contribution is 7.93. The molecule has 1 saturated heterocycles. The van der Waals surface area contributed by atoms with Gasteiger partial charge in [0.25, 0.3) is 10.0 Å². The molecule has 1 amide bonds. The lowest BCUT2D eigenvalue weighted by Crippen LogP contribution is -2.41. The van der Waals surface area contributed by atoms with Crippen LogP contribution in [0, 0.1) is 0 Å². The van der Waals surface area contributed by atoms with E-state index in [9.17, 15) is 13.2 Å². The number of aromatic nitrogens is 2. The van der Waals surface area contributed by atoms with Gasteiger partial charge >= 0.3 is 0 Å². The van der Waals surface area contributed by atoms with E-state index in [0.29, 0.717) is 31.3 Å². The average Bonchev–Trinajstić information content (AvgIpc) is 3.21. The molecule has 1 fully saturated rings. The number of hydrogen-bond acceptors (Lipinski definition) is 7. The third-order valence-electron chi connectivity index (χ3n) is 4.71. The fourth-order valence-electron chi connectivity index (χ4n) is 3.07. The quantitative estimate of drug-likeness (QED) is 0.584. The van der Waals surface area contributed by atoms with Crippen molar-refractivity contribution >= 4 is 44.2 Å². The Bertz CT molecular complexity index is 1160. The molecule has 0 bridgehead atoms. The maximum Gasteiger partial charge on any atom is 0.263 e. The average molecular weight is 479 g/mol. The van der Waals surface area contributed by atoms with Crippen LogP contribution in [-0.4, -0.2) is 54.9 Å². The Morgan fingerprint density at radius 1 is 1.06 bits per heavy atom. The minimum Gasteiger partial charge on any atom is -0.378 e. The summed E-state index contributed by atoms with van der Waals surface area (Å²) >= 11 is 6.81. The van der Waals surface area contributed by atoms with E-state index < -0.39 is 10.0 Å². The zero-order chi connectivity index (χ0) is 21.8. The van der Waals surface area contributed by atoms with Crippen LogP contribution in [0.2, 0.25) is 5.02 Å². The predicted octanol–water partition coefficient (Wildman–Crippen LogP) is 3.06. The van der Waals surface area contributed by atoms with Crippen LogP contribution in [0.4, 0.5) is 5.13 Å². The molecule has 1 N–H and O–H groups in total. The molecule has 0 saturated carbocycles. The van der Waals surface area contributed by atoms with E-state index in [1.54, 1.807) is 29.2 Å². The smallest absolute Gasteiger partial charge is 0.263 e. The molecule has 0 aliphatic carbocycles. The number of morpholine rings is 1. The highest BCUT2D eigenvalue weighted by Gasteiger charge is 2.21. The van der Waals surface area contributed by atoms with Crippen LogP contribution in [-0.2, 0) is 26.0 Å². The molecule has 2 heterocycles. The third-order valence-corrected chi connectivity index (χ3v) is 7.11. The van der Waals surface area contributed by atoms with E-state index in [1.165, 1.54) is 12.1 Å². The van der Waals surface area contributed by atoms with Crippen molar-refractivity contribution in [3.8, 4) is 11.1 Å². The number of carbonyl (C=O) groups excluding carboxylic acids is 1. The fraction of sp³-hybridized carbons (Fsp3) is 0.250. The number of benzene rings is 2. The Hall–Kier alpha value is -2.53. The van der Waals surface area contributed by atoms with Gasteiger partial charge in [-0.2, -0.15) is 4.37 Å². The molecule has 0 unspecified atom stereocenters. The number of ether oxygens (including phenoxy) is 1. The van der Waals surface area contributed by atoms with E-state index in [0.717, 1.165) is 22.7 Å². The van der Waals surface area contributed by atoms with E-state index in [2.05, 4.69) is 14.1 Å². The zero-order valence-electron chi connectivity index (χ0n) is 16.3. The molecule has 11 heteroatoms. The number of nitrogens with zero attached hydrogens (tertiary/aromatic N) is 3. The lowest BCUT2D eigenvalue weighted by Gasteiger charge is -2.26. The van der Waals surface area contributed by atoms with Crippen molar-refractivity contribution in [1.29, 1.82) is 0 Å². The number of nitrogens with one attached hydrogen (secondary N) is 1. The van der Waals surface area contributed by atoms with Crippen molar-refractivity contribution in [2.24, 2.45) is 0 Å². The highest BCUT2D eigenvalue weighted by Crippen LogP contribution is 2.24. The minimum atomic E-state index is -3.83. The van der Waals surface area contributed by atoms with E-state index >= 15 is 0 Å². The molecule has 162 valence electrons. The number of rotatable bonds is 6. The van der Waals surface area contributed by atoms with Gasteiger partial charge in [-0.25, -0.2) is 13.4 Å². The van der Waals surface area contributed by atoms with Gasteiger partial charge in [-0.1, -0.05) is 35.9 Å². The minimum absolute atomic E-state index is 0.0218. The van der Waals surface area contributed by atoms with Gasteiger partial charge in [0.05, 0.1) is 24.5 Å².